The average Bonchev–Trinajstić information content (AvgIpc) is 3.11. The van der Waals surface area contributed by atoms with Crippen LogP contribution in [0.3, 0.4) is 0 Å². The Balaban J connectivity index is 2.55. The highest BCUT2D eigenvalue weighted by atomic mass is 32.2. The molecule has 2 atom stereocenters. The predicted molar refractivity (Wildman–Crippen MR) is 138 cm³/mol. The van der Waals surface area contributed by atoms with Gasteiger partial charge in [0.05, 0.1) is 7.11 Å². The van der Waals surface area contributed by atoms with Crippen molar-refractivity contribution in [1.82, 2.24) is 0 Å². The standard InChI is InChI=1S/C28H50O2S/c1-7-8-14-23(2)15-11-12-16-24-18-19-25(20-21-28(3,4)5)27(24)31-22-13-9-10-17-26(29)30-6/h12,16,23-24H,7-11,13-15,17-22H2,1-6H3/b16-12+. The van der Waals surface area contributed by atoms with Crippen LogP contribution in [0.1, 0.15) is 118 Å². The molecule has 0 bridgehead atoms. The van der Waals surface area contributed by atoms with Gasteiger partial charge in [-0.2, -0.15) is 0 Å². The third kappa shape index (κ3) is 13.4. The molecule has 0 aromatic carbocycles. The molecule has 0 radical (unpaired) electrons. The third-order valence-electron chi connectivity index (χ3n) is 6.37. The van der Waals surface area contributed by atoms with Crippen molar-refractivity contribution in [2.24, 2.45) is 17.3 Å². The Kier molecular flexibility index (Phi) is 14.6. The molecule has 0 amide bonds. The van der Waals surface area contributed by atoms with E-state index in [0.29, 0.717) is 17.8 Å². The van der Waals surface area contributed by atoms with E-state index in [1.807, 2.05) is 0 Å². The number of hydrogen-bond donors (Lipinski definition) is 0. The molecule has 0 aromatic heterocycles. The van der Waals surface area contributed by atoms with Crippen LogP contribution in [0.4, 0.5) is 0 Å². The van der Waals surface area contributed by atoms with Gasteiger partial charge in [-0.05, 0) is 73.4 Å². The van der Waals surface area contributed by atoms with Crippen LogP contribution in [-0.4, -0.2) is 18.8 Å². The first-order valence-corrected chi connectivity index (χ1v) is 13.8. The number of carbonyl (C=O) groups excluding carboxylic acids is 1. The monoisotopic (exact) mass is 450 g/mol. The summed E-state index contributed by atoms with van der Waals surface area (Å²) >= 11 is 2.10. The van der Waals surface area contributed by atoms with Crippen molar-refractivity contribution in [1.29, 1.82) is 0 Å². The van der Waals surface area contributed by atoms with Gasteiger partial charge in [-0.25, -0.2) is 0 Å². The Morgan fingerprint density at radius 2 is 1.97 bits per heavy atom. The van der Waals surface area contributed by atoms with Crippen LogP contribution in [0, 0.1) is 17.3 Å². The van der Waals surface area contributed by atoms with Crippen LogP contribution in [0.2, 0.25) is 0 Å². The number of rotatable bonds is 16. The normalized spacial score (nSPS) is 18.2. The Hall–Kier alpha value is -0.700. The molecule has 0 aliphatic heterocycles. The lowest BCUT2D eigenvalue weighted by atomic mass is 9.88. The topological polar surface area (TPSA) is 26.3 Å². The highest BCUT2D eigenvalue weighted by Gasteiger charge is 2.24. The summed E-state index contributed by atoms with van der Waals surface area (Å²) in [5.41, 5.74) is 2.12. The number of allylic oxidation sites excluding steroid dienone is 4. The summed E-state index contributed by atoms with van der Waals surface area (Å²) in [6.45, 7) is 11.8. The molecule has 0 saturated carbocycles. The summed E-state index contributed by atoms with van der Waals surface area (Å²) in [7, 11) is 1.48. The summed E-state index contributed by atoms with van der Waals surface area (Å²) < 4.78 is 4.74. The molecule has 180 valence electrons. The zero-order valence-electron chi connectivity index (χ0n) is 21.4. The largest absolute Gasteiger partial charge is 0.469 e. The van der Waals surface area contributed by atoms with Gasteiger partial charge in [0.2, 0.25) is 0 Å². The van der Waals surface area contributed by atoms with Gasteiger partial charge in [0.15, 0.2) is 0 Å². The molecule has 1 rings (SSSR count). The molecule has 1 aliphatic rings. The van der Waals surface area contributed by atoms with E-state index in [4.69, 9.17) is 4.74 Å². The Bertz CT molecular complexity index is 556. The zero-order valence-corrected chi connectivity index (χ0v) is 22.3. The van der Waals surface area contributed by atoms with Gasteiger partial charge in [-0.3, -0.25) is 4.79 Å². The number of carbonyl (C=O) groups is 1. The van der Waals surface area contributed by atoms with Crippen LogP contribution in [-0.2, 0) is 9.53 Å². The van der Waals surface area contributed by atoms with E-state index in [1.165, 1.54) is 77.1 Å². The number of methoxy groups -OCH3 is 1. The number of hydrogen-bond acceptors (Lipinski definition) is 3. The van der Waals surface area contributed by atoms with E-state index in [-0.39, 0.29) is 5.97 Å². The minimum atomic E-state index is -0.0789. The minimum absolute atomic E-state index is 0.0789. The fraction of sp³-hybridized carbons (Fsp3) is 0.821. The van der Waals surface area contributed by atoms with E-state index >= 15 is 0 Å². The van der Waals surface area contributed by atoms with E-state index in [0.717, 1.165) is 18.8 Å². The molecule has 2 nitrogen and oxygen atoms in total. The lowest BCUT2D eigenvalue weighted by Gasteiger charge is -2.19. The van der Waals surface area contributed by atoms with Gasteiger partial charge in [0.1, 0.15) is 0 Å². The second-order valence-corrected chi connectivity index (χ2v) is 11.8. The van der Waals surface area contributed by atoms with Crippen molar-refractivity contribution in [3.8, 4) is 0 Å². The van der Waals surface area contributed by atoms with E-state index in [9.17, 15) is 4.79 Å². The maximum atomic E-state index is 11.3. The van der Waals surface area contributed by atoms with Gasteiger partial charge in [-0.1, -0.05) is 78.0 Å². The van der Waals surface area contributed by atoms with Crippen molar-refractivity contribution in [3.63, 3.8) is 0 Å². The second kappa shape index (κ2) is 16.0. The Morgan fingerprint density at radius 3 is 2.65 bits per heavy atom. The molecule has 0 saturated heterocycles. The number of esters is 1. The predicted octanol–water partition coefficient (Wildman–Crippen LogP) is 9.11. The summed E-state index contributed by atoms with van der Waals surface area (Å²) in [4.78, 5) is 12.9. The minimum Gasteiger partial charge on any atom is -0.469 e. The molecule has 0 aromatic rings. The van der Waals surface area contributed by atoms with Crippen molar-refractivity contribution in [2.75, 3.05) is 12.9 Å². The van der Waals surface area contributed by atoms with Crippen LogP contribution in [0.25, 0.3) is 0 Å². The molecule has 31 heavy (non-hydrogen) atoms. The number of thioether (sulfide) groups is 1. The summed E-state index contributed by atoms with van der Waals surface area (Å²) in [6, 6.07) is 0. The molecule has 0 N–H and O–H groups in total. The quantitative estimate of drug-likeness (QED) is 0.133. The first-order chi connectivity index (χ1) is 14.8. The first kappa shape index (κ1) is 28.3. The molecule has 1 aliphatic carbocycles. The van der Waals surface area contributed by atoms with Gasteiger partial charge in [-0.15, -0.1) is 11.8 Å². The van der Waals surface area contributed by atoms with E-state index in [2.05, 4.69) is 58.5 Å². The molecular formula is C28H50O2S. The summed E-state index contributed by atoms with van der Waals surface area (Å²) in [5.74, 6) is 2.59. The second-order valence-electron chi connectivity index (χ2n) is 10.7. The van der Waals surface area contributed by atoms with Crippen LogP contribution < -0.4 is 0 Å². The van der Waals surface area contributed by atoms with Crippen molar-refractivity contribution >= 4 is 17.7 Å². The molecule has 2 unspecified atom stereocenters. The average molecular weight is 451 g/mol. The molecule has 3 heteroatoms. The molecule has 0 fully saturated rings. The summed E-state index contributed by atoms with van der Waals surface area (Å²) in [6.07, 6.45) is 20.5. The molecule has 0 heterocycles. The fourth-order valence-corrected chi connectivity index (χ4v) is 5.57. The van der Waals surface area contributed by atoms with E-state index < -0.39 is 0 Å². The van der Waals surface area contributed by atoms with Crippen LogP contribution >= 0.6 is 11.8 Å². The lowest BCUT2D eigenvalue weighted by molar-refractivity contribution is -0.140. The summed E-state index contributed by atoms with van der Waals surface area (Å²) in [5, 5.41) is 0. The third-order valence-corrected chi connectivity index (χ3v) is 7.77. The maximum Gasteiger partial charge on any atom is 0.305 e. The molecule has 0 spiro atoms. The molecular weight excluding hydrogens is 400 g/mol. The smallest absolute Gasteiger partial charge is 0.305 e. The SMILES string of the molecule is CCCCC(C)CC/C=C/C1CCC(CCC(C)(C)C)=C1SCCCCCC(=O)OC. The van der Waals surface area contributed by atoms with Gasteiger partial charge in [0.25, 0.3) is 0 Å². The first-order valence-electron chi connectivity index (χ1n) is 12.8. The maximum absolute atomic E-state index is 11.3. The number of ether oxygens (including phenoxy) is 1. The Morgan fingerprint density at radius 1 is 1.19 bits per heavy atom. The highest BCUT2D eigenvalue weighted by molar-refractivity contribution is 8.03. The highest BCUT2D eigenvalue weighted by Crippen LogP contribution is 2.43. The zero-order chi connectivity index (χ0) is 23.1. The fourth-order valence-electron chi connectivity index (χ4n) is 4.18. The van der Waals surface area contributed by atoms with Crippen molar-refractivity contribution in [2.45, 2.75) is 118 Å². The van der Waals surface area contributed by atoms with Gasteiger partial charge >= 0.3 is 5.97 Å². The lowest BCUT2D eigenvalue weighted by Crippen LogP contribution is -2.05. The van der Waals surface area contributed by atoms with E-state index in [1.54, 1.807) is 10.5 Å². The van der Waals surface area contributed by atoms with Crippen molar-refractivity contribution in [3.05, 3.63) is 22.6 Å². The van der Waals surface area contributed by atoms with Crippen LogP contribution in [0.15, 0.2) is 22.6 Å². The van der Waals surface area contributed by atoms with Gasteiger partial charge < -0.3 is 4.74 Å². The van der Waals surface area contributed by atoms with Crippen LogP contribution in [0.5, 0.6) is 0 Å². The Labute approximate surface area is 198 Å². The van der Waals surface area contributed by atoms with Crippen molar-refractivity contribution < 1.29 is 9.53 Å². The number of unbranched alkanes of at least 4 members (excludes halogenated alkanes) is 3. The van der Waals surface area contributed by atoms with Gasteiger partial charge in [0, 0.05) is 12.3 Å².